The average molecular weight is 295 g/mol. The molecule has 0 fully saturated rings. The second-order valence-electron chi connectivity index (χ2n) is 6.25. The maximum atomic E-state index is 10.2. The smallest absolute Gasteiger partial charge is 0.231 e. The number of benzene rings is 1. The SMILES string of the molecule is CC(C)(CCCO)CNCC(O)c1ccc2c(c1)OCO2. The van der Waals surface area contributed by atoms with Crippen molar-refractivity contribution in [3.8, 4) is 11.5 Å². The van der Waals surface area contributed by atoms with E-state index in [0.717, 1.165) is 30.7 Å². The summed E-state index contributed by atoms with van der Waals surface area (Å²) in [5.74, 6) is 1.42. The molecular weight excluding hydrogens is 270 g/mol. The number of ether oxygens (including phenoxy) is 2. The van der Waals surface area contributed by atoms with Crippen LogP contribution in [0.4, 0.5) is 0 Å². The van der Waals surface area contributed by atoms with Crippen molar-refractivity contribution in [2.24, 2.45) is 5.41 Å². The van der Waals surface area contributed by atoms with Gasteiger partial charge in [0.2, 0.25) is 6.79 Å². The van der Waals surface area contributed by atoms with Gasteiger partial charge in [-0.25, -0.2) is 0 Å². The van der Waals surface area contributed by atoms with Gasteiger partial charge in [-0.2, -0.15) is 0 Å². The fourth-order valence-corrected chi connectivity index (χ4v) is 2.43. The average Bonchev–Trinajstić information content (AvgIpc) is 2.92. The molecule has 21 heavy (non-hydrogen) atoms. The molecule has 118 valence electrons. The van der Waals surface area contributed by atoms with Crippen molar-refractivity contribution in [1.82, 2.24) is 5.32 Å². The first-order chi connectivity index (χ1) is 10.0. The zero-order valence-electron chi connectivity index (χ0n) is 12.8. The summed E-state index contributed by atoms with van der Waals surface area (Å²) >= 11 is 0. The molecule has 1 heterocycles. The molecule has 5 nitrogen and oxygen atoms in total. The maximum absolute atomic E-state index is 10.2. The Morgan fingerprint density at radius 1 is 1.29 bits per heavy atom. The molecule has 0 radical (unpaired) electrons. The number of hydrogen-bond acceptors (Lipinski definition) is 5. The summed E-state index contributed by atoms with van der Waals surface area (Å²) in [6.45, 7) is 6.07. The van der Waals surface area contributed by atoms with Crippen molar-refractivity contribution in [2.45, 2.75) is 32.8 Å². The molecule has 0 saturated carbocycles. The molecule has 3 N–H and O–H groups in total. The quantitative estimate of drug-likeness (QED) is 0.682. The van der Waals surface area contributed by atoms with Crippen molar-refractivity contribution in [2.75, 3.05) is 26.5 Å². The van der Waals surface area contributed by atoms with Crippen LogP contribution in [0.3, 0.4) is 0 Å². The summed E-state index contributed by atoms with van der Waals surface area (Å²) in [6.07, 6.45) is 1.18. The fourth-order valence-electron chi connectivity index (χ4n) is 2.43. The van der Waals surface area contributed by atoms with Gasteiger partial charge in [0.1, 0.15) is 0 Å². The molecule has 0 bridgehead atoms. The van der Waals surface area contributed by atoms with Crippen molar-refractivity contribution in [3.05, 3.63) is 23.8 Å². The van der Waals surface area contributed by atoms with E-state index in [1.54, 1.807) is 0 Å². The third-order valence-electron chi connectivity index (χ3n) is 3.73. The summed E-state index contributed by atoms with van der Waals surface area (Å²) < 4.78 is 10.6. The van der Waals surface area contributed by atoms with Crippen LogP contribution >= 0.6 is 0 Å². The number of nitrogens with one attached hydrogen (secondary N) is 1. The molecule has 1 aromatic carbocycles. The van der Waals surface area contributed by atoms with Crippen LogP contribution in [-0.2, 0) is 0 Å². The Balaban J connectivity index is 1.80. The minimum atomic E-state index is -0.576. The highest BCUT2D eigenvalue weighted by atomic mass is 16.7. The first-order valence-corrected chi connectivity index (χ1v) is 7.41. The minimum absolute atomic E-state index is 0.108. The second kappa shape index (κ2) is 7.11. The van der Waals surface area contributed by atoms with Crippen molar-refractivity contribution >= 4 is 0 Å². The molecule has 0 amide bonds. The van der Waals surface area contributed by atoms with Crippen LogP contribution in [-0.4, -0.2) is 36.7 Å². The largest absolute Gasteiger partial charge is 0.454 e. The molecule has 1 aliphatic rings. The summed E-state index contributed by atoms with van der Waals surface area (Å²) in [4.78, 5) is 0. The van der Waals surface area contributed by atoms with Gasteiger partial charge < -0.3 is 25.0 Å². The third-order valence-corrected chi connectivity index (χ3v) is 3.73. The molecule has 0 aliphatic carbocycles. The molecule has 0 spiro atoms. The molecule has 2 rings (SSSR count). The van der Waals surface area contributed by atoms with E-state index >= 15 is 0 Å². The second-order valence-corrected chi connectivity index (χ2v) is 6.25. The lowest BCUT2D eigenvalue weighted by Gasteiger charge is -2.25. The Bertz CT molecular complexity index is 462. The fraction of sp³-hybridized carbons (Fsp3) is 0.625. The van der Waals surface area contributed by atoms with Crippen LogP contribution in [0.1, 0.15) is 38.4 Å². The van der Waals surface area contributed by atoms with E-state index in [2.05, 4.69) is 19.2 Å². The topological polar surface area (TPSA) is 71.0 Å². The summed E-state index contributed by atoms with van der Waals surface area (Å²) in [5, 5.41) is 22.4. The van der Waals surface area contributed by atoms with Gasteiger partial charge in [-0.05, 0) is 36.0 Å². The van der Waals surface area contributed by atoms with E-state index in [1.165, 1.54) is 0 Å². The van der Waals surface area contributed by atoms with E-state index in [1.807, 2.05) is 18.2 Å². The third kappa shape index (κ3) is 4.59. The summed E-state index contributed by atoms with van der Waals surface area (Å²) in [5.41, 5.74) is 0.928. The van der Waals surface area contributed by atoms with Gasteiger partial charge >= 0.3 is 0 Å². The predicted molar refractivity (Wildman–Crippen MR) is 80.5 cm³/mol. The van der Waals surface area contributed by atoms with Crippen molar-refractivity contribution < 1.29 is 19.7 Å². The lowest BCUT2D eigenvalue weighted by molar-refractivity contribution is 0.163. The standard InChI is InChI=1S/C16H25NO4/c1-16(2,6-3-7-18)10-17-9-13(19)12-4-5-14-15(8-12)21-11-20-14/h4-5,8,13,17-19H,3,6-7,9-11H2,1-2H3. The van der Waals surface area contributed by atoms with Gasteiger partial charge in [0.25, 0.3) is 0 Å². The van der Waals surface area contributed by atoms with Gasteiger partial charge in [-0.1, -0.05) is 19.9 Å². The summed E-state index contributed by atoms with van der Waals surface area (Å²) in [7, 11) is 0. The van der Waals surface area contributed by atoms with Gasteiger partial charge in [0.15, 0.2) is 11.5 Å². The molecule has 1 aromatic rings. The minimum Gasteiger partial charge on any atom is -0.454 e. The Kier molecular flexibility index (Phi) is 5.45. The first kappa shape index (κ1) is 16.1. The highest BCUT2D eigenvalue weighted by Gasteiger charge is 2.19. The number of rotatable bonds is 8. The van der Waals surface area contributed by atoms with E-state index < -0.39 is 6.10 Å². The number of fused-ring (bicyclic) bond motifs is 1. The van der Waals surface area contributed by atoms with Gasteiger partial charge in [-0.15, -0.1) is 0 Å². The highest BCUT2D eigenvalue weighted by Crippen LogP contribution is 2.34. The normalized spacial score (nSPS) is 15.2. The summed E-state index contributed by atoms with van der Waals surface area (Å²) in [6, 6.07) is 5.51. The number of aliphatic hydroxyl groups is 2. The van der Waals surface area contributed by atoms with Crippen LogP contribution in [0.15, 0.2) is 18.2 Å². The van der Waals surface area contributed by atoms with Gasteiger partial charge in [-0.3, -0.25) is 0 Å². The van der Waals surface area contributed by atoms with Crippen LogP contribution in [0.25, 0.3) is 0 Å². The predicted octanol–water partition coefficient (Wildman–Crippen LogP) is 1.84. The van der Waals surface area contributed by atoms with Crippen LogP contribution in [0.5, 0.6) is 11.5 Å². The molecule has 1 aliphatic heterocycles. The highest BCUT2D eigenvalue weighted by molar-refractivity contribution is 5.45. The lowest BCUT2D eigenvalue weighted by Crippen LogP contribution is -2.32. The Morgan fingerprint density at radius 2 is 2.05 bits per heavy atom. The van der Waals surface area contributed by atoms with E-state index in [-0.39, 0.29) is 18.8 Å². The molecule has 1 atom stereocenters. The van der Waals surface area contributed by atoms with Gasteiger partial charge in [0, 0.05) is 19.7 Å². The zero-order valence-corrected chi connectivity index (χ0v) is 12.8. The number of aliphatic hydroxyl groups excluding tert-OH is 2. The molecule has 0 aromatic heterocycles. The monoisotopic (exact) mass is 295 g/mol. The molecule has 0 saturated heterocycles. The molecular formula is C16H25NO4. The van der Waals surface area contributed by atoms with Crippen LogP contribution in [0, 0.1) is 5.41 Å². The lowest BCUT2D eigenvalue weighted by atomic mass is 9.88. The maximum Gasteiger partial charge on any atom is 0.231 e. The molecule has 1 unspecified atom stereocenters. The first-order valence-electron chi connectivity index (χ1n) is 7.41. The Morgan fingerprint density at radius 3 is 2.81 bits per heavy atom. The van der Waals surface area contributed by atoms with Crippen LogP contribution in [0.2, 0.25) is 0 Å². The molecule has 5 heteroatoms. The Labute approximate surface area is 125 Å². The van der Waals surface area contributed by atoms with E-state index in [4.69, 9.17) is 14.6 Å². The van der Waals surface area contributed by atoms with Crippen molar-refractivity contribution in [3.63, 3.8) is 0 Å². The van der Waals surface area contributed by atoms with E-state index in [9.17, 15) is 5.11 Å². The Hall–Kier alpha value is -1.30. The zero-order chi connectivity index (χ0) is 15.3. The van der Waals surface area contributed by atoms with Gasteiger partial charge in [0.05, 0.1) is 6.10 Å². The number of hydrogen-bond donors (Lipinski definition) is 3. The van der Waals surface area contributed by atoms with Crippen molar-refractivity contribution in [1.29, 1.82) is 0 Å². The van der Waals surface area contributed by atoms with E-state index in [0.29, 0.717) is 12.3 Å². The van der Waals surface area contributed by atoms with Crippen LogP contribution < -0.4 is 14.8 Å².